The van der Waals surface area contributed by atoms with Gasteiger partial charge in [0.1, 0.15) is 0 Å². The Morgan fingerprint density at radius 3 is 2.76 bits per heavy atom. The number of aromatic nitrogens is 3. The Bertz CT molecular complexity index is 1290. The molecule has 0 atom stereocenters. The van der Waals surface area contributed by atoms with Crippen LogP contribution in [-0.2, 0) is 32.5 Å². The smallest absolute Gasteiger partial charge is 0.238 e. The first-order chi connectivity index (χ1) is 15.8. The summed E-state index contributed by atoms with van der Waals surface area (Å²) in [6.45, 7) is 3.57. The lowest BCUT2D eigenvalue weighted by Gasteiger charge is -2.17. The Morgan fingerprint density at radius 1 is 1.21 bits per heavy atom. The monoisotopic (exact) mass is 487 g/mol. The number of thioether (sulfide) groups is 1. The van der Waals surface area contributed by atoms with Gasteiger partial charge in [0.2, 0.25) is 15.9 Å². The van der Waals surface area contributed by atoms with Gasteiger partial charge in [-0.15, -0.1) is 10.2 Å². The number of amides is 1. The zero-order chi connectivity index (χ0) is 23.6. The van der Waals surface area contributed by atoms with E-state index in [1.165, 1.54) is 17.8 Å². The number of carbonyl (C=O) groups is 1. The molecule has 1 aromatic heterocycles. The van der Waals surface area contributed by atoms with E-state index < -0.39 is 10.0 Å². The van der Waals surface area contributed by atoms with E-state index in [1.807, 2.05) is 35.8 Å². The molecule has 33 heavy (non-hydrogen) atoms. The lowest BCUT2D eigenvalue weighted by molar-refractivity contribution is -0.116. The quantitative estimate of drug-likeness (QED) is 0.484. The number of hydrogen-bond donors (Lipinski definition) is 1. The molecule has 0 saturated heterocycles. The van der Waals surface area contributed by atoms with Gasteiger partial charge in [0.25, 0.3) is 0 Å². The van der Waals surface area contributed by atoms with Crippen LogP contribution in [0.25, 0.3) is 11.4 Å². The first kappa shape index (κ1) is 23.4. The number of hydrogen-bond acceptors (Lipinski definition) is 7. The molecule has 0 spiro atoms. The highest BCUT2D eigenvalue weighted by molar-refractivity contribution is 7.99. The van der Waals surface area contributed by atoms with Crippen molar-refractivity contribution in [1.29, 1.82) is 0 Å². The van der Waals surface area contributed by atoms with Crippen molar-refractivity contribution >= 4 is 33.4 Å². The van der Waals surface area contributed by atoms with E-state index in [-0.39, 0.29) is 16.6 Å². The first-order valence-corrected chi connectivity index (χ1v) is 12.9. The summed E-state index contributed by atoms with van der Waals surface area (Å²) in [5.41, 5.74) is 3.59. The Labute approximate surface area is 197 Å². The SMILES string of the molecule is COCCn1c(SCC(=O)N2CCc3cc(S(N)(=O)=O)ccc32)nnc1-c1cccc(C)c1. The van der Waals surface area contributed by atoms with Crippen molar-refractivity contribution in [3.8, 4) is 11.4 Å². The van der Waals surface area contributed by atoms with Gasteiger partial charge in [0, 0.05) is 24.9 Å². The van der Waals surface area contributed by atoms with Crippen molar-refractivity contribution in [2.45, 2.75) is 29.9 Å². The van der Waals surface area contributed by atoms with Crippen LogP contribution in [0.5, 0.6) is 0 Å². The maximum Gasteiger partial charge on any atom is 0.238 e. The molecular weight excluding hydrogens is 462 g/mol. The molecule has 0 bridgehead atoms. The highest BCUT2D eigenvalue weighted by atomic mass is 32.2. The molecule has 1 aliphatic rings. The number of nitrogens with two attached hydrogens (primary N) is 1. The summed E-state index contributed by atoms with van der Waals surface area (Å²) in [4.78, 5) is 14.7. The predicted molar refractivity (Wildman–Crippen MR) is 127 cm³/mol. The highest BCUT2D eigenvalue weighted by Crippen LogP contribution is 2.31. The Hall–Kier alpha value is -2.73. The van der Waals surface area contributed by atoms with E-state index >= 15 is 0 Å². The minimum absolute atomic E-state index is 0.0554. The van der Waals surface area contributed by atoms with Crippen LogP contribution in [0.15, 0.2) is 52.5 Å². The van der Waals surface area contributed by atoms with E-state index in [0.717, 1.165) is 22.5 Å². The third-order valence-electron chi connectivity index (χ3n) is 5.41. The molecule has 174 valence electrons. The molecule has 0 aliphatic carbocycles. The average Bonchev–Trinajstić information content (AvgIpc) is 3.39. The summed E-state index contributed by atoms with van der Waals surface area (Å²) in [6.07, 6.45) is 0.580. The predicted octanol–water partition coefficient (Wildman–Crippen LogP) is 2.23. The number of ether oxygens (including phenoxy) is 1. The van der Waals surface area contributed by atoms with Crippen molar-refractivity contribution in [3.63, 3.8) is 0 Å². The highest BCUT2D eigenvalue weighted by Gasteiger charge is 2.26. The van der Waals surface area contributed by atoms with Crippen LogP contribution in [0.1, 0.15) is 11.1 Å². The molecule has 2 aromatic carbocycles. The Balaban J connectivity index is 1.51. The maximum absolute atomic E-state index is 13.0. The minimum atomic E-state index is -3.78. The summed E-state index contributed by atoms with van der Waals surface area (Å²) in [5, 5.41) is 14.6. The van der Waals surface area contributed by atoms with Gasteiger partial charge in [-0.2, -0.15) is 0 Å². The van der Waals surface area contributed by atoms with Crippen LogP contribution in [-0.4, -0.2) is 55.1 Å². The summed E-state index contributed by atoms with van der Waals surface area (Å²) in [6, 6.07) is 12.6. The topological polar surface area (TPSA) is 120 Å². The van der Waals surface area contributed by atoms with Crippen LogP contribution in [0, 0.1) is 6.92 Å². The lowest BCUT2D eigenvalue weighted by atomic mass is 10.1. The number of methoxy groups -OCH3 is 1. The summed E-state index contributed by atoms with van der Waals surface area (Å²) < 4.78 is 30.4. The second-order valence-electron chi connectivity index (χ2n) is 7.74. The molecule has 1 aliphatic heterocycles. The Kier molecular flexibility index (Phi) is 6.84. The van der Waals surface area contributed by atoms with Crippen molar-refractivity contribution in [1.82, 2.24) is 14.8 Å². The number of nitrogens with zero attached hydrogens (tertiary/aromatic N) is 4. The van der Waals surface area contributed by atoms with E-state index in [4.69, 9.17) is 9.88 Å². The standard InChI is InChI=1S/C22H25N5O4S2/c1-15-4-3-5-17(12-15)21-24-25-22(27(21)10-11-31-2)32-14-20(28)26-9-8-16-13-18(33(23,29)30)6-7-19(16)26/h3-7,12-13H,8-11,14H2,1-2H3,(H2,23,29,30). The fourth-order valence-electron chi connectivity index (χ4n) is 3.80. The molecule has 1 amide bonds. The third kappa shape index (κ3) is 5.11. The minimum Gasteiger partial charge on any atom is -0.383 e. The number of carbonyl (C=O) groups excluding carboxylic acids is 1. The second kappa shape index (κ2) is 9.64. The number of benzene rings is 2. The average molecular weight is 488 g/mol. The lowest BCUT2D eigenvalue weighted by Crippen LogP contribution is -2.30. The third-order valence-corrected chi connectivity index (χ3v) is 7.28. The van der Waals surface area contributed by atoms with Crippen molar-refractivity contribution < 1.29 is 17.9 Å². The number of primary sulfonamides is 1. The number of sulfonamides is 1. The molecular formula is C22H25N5O4S2. The van der Waals surface area contributed by atoms with Crippen LogP contribution in [0.2, 0.25) is 0 Å². The summed E-state index contributed by atoms with van der Waals surface area (Å²) >= 11 is 1.32. The van der Waals surface area contributed by atoms with E-state index in [2.05, 4.69) is 10.2 Å². The number of anilines is 1. The van der Waals surface area contributed by atoms with E-state index in [1.54, 1.807) is 24.1 Å². The molecule has 2 heterocycles. The zero-order valence-electron chi connectivity index (χ0n) is 18.4. The molecule has 4 rings (SSSR count). The van der Waals surface area contributed by atoms with Gasteiger partial charge >= 0.3 is 0 Å². The van der Waals surface area contributed by atoms with Crippen LogP contribution < -0.4 is 10.0 Å². The van der Waals surface area contributed by atoms with Gasteiger partial charge < -0.3 is 9.64 Å². The molecule has 0 fully saturated rings. The largest absolute Gasteiger partial charge is 0.383 e. The maximum atomic E-state index is 13.0. The normalized spacial score (nSPS) is 13.4. The van der Waals surface area contributed by atoms with Gasteiger partial charge in [0.15, 0.2) is 11.0 Å². The van der Waals surface area contributed by atoms with Crippen LogP contribution in [0.4, 0.5) is 5.69 Å². The van der Waals surface area contributed by atoms with Gasteiger partial charge in [-0.3, -0.25) is 9.36 Å². The number of fused-ring (bicyclic) bond motifs is 1. The molecule has 11 heteroatoms. The summed E-state index contributed by atoms with van der Waals surface area (Å²) in [7, 11) is -2.14. The van der Waals surface area contributed by atoms with Gasteiger partial charge in [-0.05, 0) is 43.2 Å². The number of rotatable bonds is 8. The van der Waals surface area contributed by atoms with Crippen molar-refractivity contribution in [3.05, 3.63) is 53.6 Å². The van der Waals surface area contributed by atoms with Crippen molar-refractivity contribution in [2.24, 2.45) is 5.14 Å². The van der Waals surface area contributed by atoms with Gasteiger partial charge in [-0.25, -0.2) is 13.6 Å². The number of aryl methyl sites for hydroxylation is 1. The van der Waals surface area contributed by atoms with E-state index in [0.29, 0.717) is 37.0 Å². The second-order valence-corrected chi connectivity index (χ2v) is 10.2. The Morgan fingerprint density at radius 2 is 2.03 bits per heavy atom. The van der Waals surface area contributed by atoms with Crippen molar-refractivity contribution in [2.75, 3.05) is 30.9 Å². The molecule has 0 radical (unpaired) electrons. The molecule has 9 nitrogen and oxygen atoms in total. The van der Waals surface area contributed by atoms with Crippen LogP contribution in [0.3, 0.4) is 0 Å². The summed E-state index contributed by atoms with van der Waals surface area (Å²) in [5.74, 6) is 0.822. The zero-order valence-corrected chi connectivity index (χ0v) is 20.0. The fourth-order valence-corrected chi connectivity index (χ4v) is 5.20. The molecule has 0 unspecified atom stereocenters. The molecule has 2 N–H and O–H groups in total. The fraction of sp³-hybridized carbons (Fsp3) is 0.318. The van der Waals surface area contributed by atoms with E-state index in [9.17, 15) is 13.2 Å². The van der Waals surface area contributed by atoms with Gasteiger partial charge in [-0.1, -0.05) is 35.5 Å². The van der Waals surface area contributed by atoms with Gasteiger partial charge in [0.05, 0.1) is 23.8 Å². The van der Waals surface area contributed by atoms with Crippen LogP contribution >= 0.6 is 11.8 Å². The molecule has 3 aromatic rings. The first-order valence-electron chi connectivity index (χ1n) is 10.4. The molecule has 0 saturated carbocycles.